The minimum Gasteiger partial charge on any atom is -0.371 e. The third-order valence-corrected chi connectivity index (χ3v) is 5.50. The topological polar surface area (TPSA) is 134 Å². The van der Waals surface area contributed by atoms with Crippen LogP contribution >= 0.6 is 0 Å². The molecule has 2 aliphatic rings. The molecule has 1 aromatic carbocycles. The molecule has 0 saturated carbocycles. The summed E-state index contributed by atoms with van der Waals surface area (Å²) in [6.45, 7) is 3.90. The molecule has 2 saturated heterocycles. The van der Waals surface area contributed by atoms with Gasteiger partial charge in [0, 0.05) is 17.9 Å². The maximum Gasteiger partial charge on any atom is 0.251 e. The van der Waals surface area contributed by atoms with Crippen LogP contribution in [0.1, 0.15) is 30.6 Å². The average Bonchev–Trinajstić information content (AvgIpc) is 3.43. The van der Waals surface area contributed by atoms with Gasteiger partial charge in [-0.2, -0.15) is 5.10 Å². The summed E-state index contributed by atoms with van der Waals surface area (Å²) in [5.41, 5.74) is 1.29. The smallest absolute Gasteiger partial charge is 0.251 e. The van der Waals surface area contributed by atoms with Crippen LogP contribution in [0.3, 0.4) is 0 Å². The first-order valence-electron chi connectivity index (χ1n) is 10.0. The Kier molecular flexibility index (Phi) is 5.69. The van der Waals surface area contributed by atoms with Gasteiger partial charge in [0.25, 0.3) is 5.91 Å². The fourth-order valence-corrected chi connectivity index (χ4v) is 3.97. The van der Waals surface area contributed by atoms with Crippen LogP contribution in [0.5, 0.6) is 0 Å². The molecular formula is C20H25N5O5. The number of H-pyrrole nitrogens is 1. The number of ether oxygens (including phenoxy) is 2. The number of hydrogen-bond donors (Lipinski definition) is 4. The Morgan fingerprint density at radius 2 is 1.87 bits per heavy atom. The minimum atomic E-state index is -0.691. The first-order valence-corrected chi connectivity index (χ1v) is 10.0. The molecule has 4 N–H and O–H groups in total. The first kappa shape index (κ1) is 20.3. The lowest BCUT2D eigenvalue weighted by molar-refractivity contribution is -0.124. The molecule has 2 fully saturated rings. The number of aromatic amines is 1. The van der Waals surface area contributed by atoms with Gasteiger partial charge in [0.2, 0.25) is 11.8 Å². The minimum absolute atomic E-state index is 0.150. The van der Waals surface area contributed by atoms with E-state index in [9.17, 15) is 14.4 Å². The Balaban J connectivity index is 1.36. The molecule has 0 aliphatic carbocycles. The molecule has 3 heterocycles. The first-order chi connectivity index (χ1) is 14.5. The molecule has 0 bridgehead atoms. The number of carbonyl (C=O) groups is 3. The van der Waals surface area contributed by atoms with Gasteiger partial charge in [-0.3, -0.25) is 19.5 Å². The Bertz CT molecular complexity index is 960. The zero-order chi connectivity index (χ0) is 21.3. The summed E-state index contributed by atoms with van der Waals surface area (Å²) >= 11 is 0. The van der Waals surface area contributed by atoms with Crippen LogP contribution < -0.4 is 16.0 Å². The average molecular weight is 415 g/mol. The van der Waals surface area contributed by atoms with E-state index in [0.29, 0.717) is 25.2 Å². The molecule has 0 spiro atoms. The molecular weight excluding hydrogens is 390 g/mol. The Labute approximate surface area is 173 Å². The van der Waals surface area contributed by atoms with Crippen LogP contribution in [0, 0.1) is 0 Å². The van der Waals surface area contributed by atoms with E-state index in [4.69, 9.17) is 9.47 Å². The normalized spacial score (nSPS) is 26.2. The maximum absolute atomic E-state index is 12.8. The van der Waals surface area contributed by atoms with Gasteiger partial charge in [0.15, 0.2) is 0 Å². The SMILES string of the molecule is CC[C@@H](NC(=O)c1ccc2[nH]ncc2c1)C(=O)NC1COC2C(NC(C)=O)COC12. The van der Waals surface area contributed by atoms with Gasteiger partial charge in [-0.25, -0.2) is 0 Å². The third-order valence-electron chi connectivity index (χ3n) is 5.50. The number of rotatable bonds is 6. The fourth-order valence-electron chi connectivity index (χ4n) is 3.97. The van der Waals surface area contributed by atoms with Crippen molar-refractivity contribution in [3.8, 4) is 0 Å². The monoisotopic (exact) mass is 415 g/mol. The molecule has 3 amide bonds. The zero-order valence-corrected chi connectivity index (χ0v) is 16.8. The summed E-state index contributed by atoms with van der Waals surface area (Å²) < 4.78 is 11.5. The standard InChI is InChI=1S/C20H25N5O5/c1-3-13(23-19(27)11-4-5-14-12(6-11)7-21-25-14)20(28)24-16-9-30-17-15(22-10(2)26)8-29-18(16)17/h4-7,13,15-18H,3,8-9H2,1-2H3,(H,21,25)(H,22,26)(H,23,27)(H,24,28)/t13-,15?,16?,17?,18?/m1/s1. The largest absolute Gasteiger partial charge is 0.371 e. The van der Waals surface area contributed by atoms with E-state index in [-0.39, 0.29) is 42.0 Å². The molecule has 10 nitrogen and oxygen atoms in total. The van der Waals surface area contributed by atoms with E-state index in [1.165, 1.54) is 6.92 Å². The Morgan fingerprint density at radius 3 is 2.53 bits per heavy atom. The van der Waals surface area contributed by atoms with Crippen molar-refractivity contribution >= 4 is 28.6 Å². The molecule has 160 valence electrons. The fraction of sp³-hybridized carbons (Fsp3) is 0.500. The highest BCUT2D eigenvalue weighted by Gasteiger charge is 2.48. The van der Waals surface area contributed by atoms with Crippen LogP contribution in [-0.2, 0) is 19.1 Å². The van der Waals surface area contributed by atoms with Crippen LogP contribution in [0.15, 0.2) is 24.4 Å². The van der Waals surface area contributed by atoms with E-state index in [1.807, 2.05) is 6.92 Å². The molecule has 1 aromatic heterocycles. The van der Waals surface area contributed by atoms with Gasteiger partial charge in [-0.1, -0.05) is 6.92 Å². The summed E-state index contributed by atoms with van der Waals surface area (Å²) in [5.74, 6) is -0.776. The third kappa shape index (κ3) is 4.01. The van der Waals surface area contributed by atoms with Gasteiger partial charge in [0.05, 0.1) is 37.0 Å². The van der Waals surface area contributed by atoms with Gasteiger partial charge < -0.3 is 25.4 Å². The highest BCUT2D eigenvalue weighted by atomic mass is 16.6. The summed E-state index contributed by atoms with van der Waals surface area (Å²) in [5, 5.41) is 16.1. The van der Waals surface area contributed by atoms with E-state index < -0.39 is 6.04 Å². The van der Waals surface area contributed by atoms with Gasteiger partial charge in [0.1, 0.15) is 18.2 Å². The quantitative estimate of drug-likeness (QED) is 0.519. The number of hydrogen-bond acceptors (Lipinski definition) is 6. The Hall–Kier alpha value is -2.98. The lowest BCUT2D eigenvalue weighted by atomic mass is 10.1. The summed E-state index contributed by atoms with van der Waals surface area (Å²) in [6.07, 6.45) is 1.45. The van der Waals surface area contributed by atoms with Gasteiger partial charge in [-0.05, 0) is 24.6 Å². The number of aromatic nitrogens is 2. The highest BCUT2D eigenvalue weighted by Crippen LogP contribution is 2.27. The lowest BCUT2D eigenvalue weighted by Crippen LogP contribution is -2.53. The van der Waals surface area contributed by atoms with Crippen molar-refractivity contribution in [1.82, 2.24) is 26.1 Å². The zero-order valence-electron chi connectivity index (χ0n) is 16.8. The van der Waals surface area contributed by atoms with E-state index in [2.05, 4.69) is 26.1 Å². The second kappa shape index (κ2) is 8.41. The van der Waals surface area contributed by atoms with Crippen LogP contribution in [0.4, 0.5) is 0 Å². The molecule has 30 heavy (non-hydrogen) atoms. The molecule has 10 heteroatoms. The summed E-state index contributed by atoms with van der Waals surface area (Å²) in [6, 6.07) is 3.93. The molecule has 5 atom stereocenters. The highest BCUT2D eigenvalue weighted by molar-refractivity contribution is 6.00. The second-order valence-corrected chi connectivity index (χ2v) is 7.62. The van der Waals surface area contributed by atoms with Gasteiger partial charge >= 0.3 is 0 Å². The number of amides is 3. The van der Waals surface area contributed by atoms with Gasteiger partial charge in [-0.15, -0.1) is 0 Å². The van der Waals surface area contributed by atoms with E-state index in [0.717, 1.165) is 10.9 Å². The number of nitrogens with zero attached hydrogens (tertiary/aromatic N) is 1. The molecule has 0 radical (unpaired) electrons. The number of carbonyl (C=O) groups excluding carboxylic acids is 3. The van der Waals surface area contributed by atoms with Crippen LogP contribution in [-0.4, -0.2) is 71.5 Å². The molecule has 4 rings (SSSR count). The van der Waals surface area contributed by atoms with Crippen molar-refractivity contribution in [1.29, 1.82) is 0 Å². The lowest BCUT2D eigenvalue weighted by Gasteiger charge is -2.22. The maximum atomic E-state index is 12.8. The van der Waals surface area contributed by atoms with Crippen molar-refractivity contribution in [3.63, 3.8) is 0 Å². The number of fused-ring (bicyclic) bond motifs is 2. The number of benzene rings is 1. The predicted molar refractivity (Wildman–Crippen MR) is 107 cm³/mol. The number of nitrogens with one attached hydrogen (secondary N) is 4. The second-order valence-electron chi connectivity index (χ2n) is 7.62. The molecule has 2 aromatic rings. The van der Waals surface area contributed by atoms with Crippen molar-refractivity contribution in [2.24, 2.45) is 0 Å². The van der Waals surface area contributed by atoms with Crippen LogP contribution in [0.2, 0.25) is 0 Å². The summed E-state index contributed by atoms with van der Waals surface area (Å²) in [7, 11) is 0. The predicted octanol–water partition coefficient (Wildman–Crippen LogP) is -0.142. The van der Waals surface area contributed by atoms with Crippen molar-refractivity contribution < 1.29 is 23.9 Å². The molecule has 4 unspecified atom stereocenters. The van der Waals surface area contributed by atoms with Crippen molar-refractivity contribution in [3.05, 3.63) is 30.0 Å². The van der Waals surface area contributed by atoms with Crippen LogP contribution in [0.25, 0.3) is 10.9 Å². The molecule has 2 aliphatic heterocycles. The van der Waals surface area contributed by atoms with E-state index in [1.54, 1.807) is 24.4 Å². The van der Waals surface area contributed by atoms with E-state index >= 15 is 0 Å². The van der Waals surface area contributed by atoms with Crippen molar-refractivity contribution in [2.45, 2.75) is 50.6 Å². The summed E-state index contributed by atoms with van der Waals surface area (Å²) in [4.78, 5) is 36.7. The Morgan fingerprint density at radius 1 is 1.17 bits per heavy atom. The van der Waals surface area contributed by atoms with Crippen molar-refractivity contribution in [2.75, 3.05) is 13.2 Å².